The zero-order chi connectivity index (χ0) is 70.7. The fourth-order valence-electron chi connectivity index (χ4n) is 12.0. The summed E-state index contributed by atoms with van der Waals surface area (Å²) in [5, 5.41) is 20.5. The number of thiophene rings is 3. The zero-order valence-electron chi connectivity index (χ0n) is 53.2. The molecule has 3 aromatic heterocycles. The number of imide groups is 6. The summed E-state index contributed by atoms with van der Waals surface area (Å²) in [6.07, 6.45) is -2.83. The average molecular weight is 1400 g/mol. The van der Waals surface area contributed by atoms with Crippen LogP contribution < -0.4 is 0 Å². The number of fused-ring (bicyclic) bond motifs is 7. The first-order chi connectivity index (χ1) is 49.0. The summed E-state index contributed by atoms with van der Waals surface area (Å²) < 4.78 is 36.1. The molecule has 4 aliphatic rings. The van der Waals surface area contributed by atoms with Crippen molar-refractivity contribution in [2.75, 3.05) is 0 Å². The van der Waals surface area contributed by atoms with Crippen molar-refractivity contribution in [1.82, 2.24) is 9.80 Å². The van der Waals surface area contributed by atoms with Crippen molar-refractivity contribution in [3.8, 4) is 31.6 Å². The maximum atomic E-state index is 16.4. The van der Waals surface area contributed by atoms with Crippen molar-refractivity contribution in [3.63, 3.8) is 0 Å². The molecule has 25 heteroatoms. The lowest BCUT2D eigenvalue weighted by Gasteiger charge is -2.32. The van der Waals surface area contributed by atoms with E-state index in [0.717, 1.165) is 34.0 Å². The van der Waals surface area contributed by atoms with E-state index in [4.69, 9.17) is 38.4 Å². The lowest BCUT2D eigenvalue weighted by atomic mass is 9.70. The second kappa shape index (κ2) is 28.0. The molecule has 2 aliphatic heterocycles. The molecule has 0 fully saturated rings. The molecule has 0 bridgehead atoms. The summed E-state index contributed by atoms with van der Waals surface area (Å²) in [7, 11) is 0. The molecule has 0 spiro atoms. The van der Waals surface area contributed by atoms with E-state index in [1.165, 1.54) is 26.0 Å². The number of ether oxygens (including phenoxy) is 6. The smallest absolute Gasteiger partial charge is 0.424 e. The SMILES string of the molecule is CC1=C(C#N)C(=O)N(C(=O)OCc2ccccc2)C(=O)/C1=N/c1cc2c(s1)-c1sc3c(c1C2(C(=O)OCc1ccccc1)C(=O)OCc1ccccc1)C(C(=O)OCc1ccccc1)(C(=O)OCc1ccccc1)c1cc(/N=C2/C(=O)N(C(=O)OCc4ccccc4)C(=O)C(C#N)=C2C)sc1-3. The first kappa shape index (κ1) is 66.9. The fourth-order valence-corrected chi connectivity index (χ4v) is 15.9. The van der Waals surface area contributed by atoms with Crippen LogP contribution in [-0.2, 0) is 117 Å². The lowest BCUT2D eigenvalue weighted by molar-refractivity contribution is -0.167. The van der Waals surface area contributed by atoms with Gasteiger partial charge >= 0.3 is 36.1 Å². The van der Waals surface area contributed by atoms with Gasteiger partial charge in [-0.2, -0.15) is 20.3 Å². The minimum absolute atomic E-state index is 0.0575. The second-order valence-electron chi connectivity index (χ2n) is 23.0. The number of hydrogen-bond donors (Lipinski definition) is 0. The molecule has 101 heavy (non-hydrogen) atoms. The van der Waals surface area contributed by atoms with E-state index in [1.807, 2.05) is 0 Å². The number of esters is 4. The second-order valence-corrected chi connectivity index (χ2v) is 26.1. The third kappa shape index (κ3) is 12.1. The molecule has 13 rings (SSSR count). The van der Waals surface area contributed by atoms with Gasteiger partial charge in [-0.1, -0.05) is 182 Å². The molecular weight excluding hydrogens is 1350 g/mol. The summed E-state index contributed by atoms with van der Waals surface area (Å²) in [4.78, 5) is 160. The number of carbonyl (C=O) groups is 10. The van der Waals surface area contributed by atoms with Crippen molar-refractivity contribution in [3.05, 3.63) is 272 Å². The molecule has 0 unspecified atom stereocenters. The van der Waals surface area contributed by atoms with Gasteiger partial charge in [0.05, 0.1) is 19.5 Å². The van der Waals surface area contributed by atoms with Gasteiger partial charge in [0.1, 0.15) is 84.4 Å². The number of aliphatic imine (C=N–C) groups is 2. The van der Waals surface area contributed by atoms with Crippen LogP contribution in [-0.4, -0.2) is 80.9 Å². The first-order valence-electron chi connectivity index (χ1n) is 30.9. The van der Waals surface area contributed by atoms with Crippen LogP contribution in [0.4, 0.5) is 19.6 Å². The molecule has 5 heterocycles. The van der Waals surface area contributed by atoms with E-state index in [2.05, 4.69) is 0 Å². The van der Waals surface area contributed by atoms with E-state index in [1.54, 1.807) is 194 Å². The molecule has 2 aliphatic carbocycles. The van der Waals surface area contributed by atoms with Gasteiger partial charge in [-0.05, 0) is 59.4 Å². The zero-order valence-corrected chi connectivity index (χ0v) is 55.6. The predicted octanol–water partition coefficient (Wildman–Crippen LogP) is 12.6. The van der Waals surface area contributed by atoms with Crippen molar-refractivity contribution in [1.29, 1.82) is 10.5 Å². The number of nitriles is 2. The minimum Gasteiger partial charge on any atom is -0.459 e. The number of carbonyl (C=O) groups excluding carboxylic acids is 10. The highest BCUT2D eigenvalue weighted by atomic mass is 32.1. The lowest BCUT2D eigenvalue weighted by Crippen LogP contribution is -2.50. The molecule has 0 atom stereocenters. The quantitative estimate of drug-likeness (QED) is 0.0333. The maximum absolute atomic E-state index is 16.4. The maximum Gasteiger partial charge on any atom is 0.424 e. The number of rotatable bonds is 18. The molecule has 22 nitrogen and oxygen atoms in total. The summed E-state index contributed by atoms with van der Waals surface area (Å²) in [6.45, 7) is -0.0163. The van der Waals surface area contributed by atoms with Crippen molar-refractivity contribution < 1.29 is 76.4 Å². The molecule has 6 amide bonds. The highest BCUT2D eigenvalue weighted by molar-refractivity contribution is 7.29. The highest BCUT2D eigenvalue weighted by Crippen LogP contribution is 2.68. The van der Waals surface area contributed by atoms with Crippen molar-refractivity contribution >= 4 is 115 Å². The molecular formula is C76H50N6O16S3. The van der Waals surface area contributed by atoms with Crippen LogP contribution >= 0.6 is 34.0 Å². The molecule has 0 saturated heterocycles. The van der Waals surface area contributed by atoms with Crippen LogP contribution in [0.15, 0.2) is 226 Å². The Bertz CT molecular complexity index is 4730. The van der Waals surface area contributed by atoms with Gasteiger partial charge in [0.2, 0.25) is 10.8 Å². The van der Waals surface area contributed by atoms with Gasteiger partial charge in [-0.15, -0.1) is 34.0 Å². The Morgan fingerprint density at radius 1 is 0.376 bits per heavy atom. The topological polar surface area (TPSA) is 305 Å². The molecule has 9 aromatic rings. The Labute approximate surface area is 586 Å². The van der Waals surface area contributed by atoms with Crippen LogP contribution in [0.5, 0.6) is 0 Å². The number of amides is 6. The third-order valence-corrected chi connectivity index (χ3v) is 20.5. The van der Waals surface area contributed by atoms with Gasteiger partial charge in [0.15, 0.2) is 0 Å². The Kier molecular flexibility index (Phi) is 18.6. The van der Waals surface area contributed by atoms with Crippen LogP contribution in [0.1, 0.15) is 69.5 Å². The molecule has 6 aromatic carbocycles. The third-order valence-electron chi connectivity index (χ3n) is 16.9. The van der Waals surface area contributed by atoms with E-state index in [-0.39, 0.29) is 85.9 Å². The molecule has 0 radical (unpaired) electrons. The van der Waals surface area contributed by atoms with E-state index in [0.29, 0.717) is 33.4 Å². The van der Waals surface area contributed by atoms with E-state index < -0.39 is 120 Å². The van der Waals surface area contributed by atoms with Gasteiger partial charge in [-0.25, -0.2) is 19.6 Å². The van der Waals surface area contributed by atoms with Gasteiger partial charge < -0.3 is 28.4 Å². The standard InChI is InChI=1S/C76H50N6O16S3/c1-43-51(35-77)65(83)81(73(91)97-41-49-29-17-7-18-30-49)67(85)59(43)79-55-33-53-61(99-55)63-57(75(53,69(87)93-37-45-21-9-3-10-22-45)70(88)94-38-46-23-11-4-12-24-46)58-64(101-63)62-54(76(58,71(89)95-39-47-25-13-5-14-26-47)72(90)96-40-48-27-15-6-16-28-48)34-56(100-62)80-60-44(2)52(36-78)66(84)82(68(60)86)74(92)98-42-50-31-19-8-20-32-50/h3-34H,37-42H2,1-2H3/b79-59+,80-60+. The Balaban J connectivity index is 1.05. The summed E-state index contributed by atoms with van der Waals surface area (Å²) in [6, 6.07) is 56.8. The number of hydrogen-bond acceptors (Lipinski definition) is 23. The number of benzene rings is 6. The van der Waals surface area contributed by atoms with Gasteiger partial charge in [-0.3, -0.25) is 38.4 Å². The monoisotopic (exact) mass is 1400 g/mol. The van der Waals surface area contributed by atoms with Crippen LogP contribution in [0.3, 0.4) is 0 Å². The summed E-state index contributed by atoms with van der Waals surface area (Å²) >= 11 is 2.50. The molecule has 0 N–H and O–H groups in total. The Morgan fingerprint density at radius 2 is 0.634 bits per heavy atom. The van der Waals surface area contributed by atoms with Gasteiger partial charge in [0, 0.05) is 33.4 Å². The first-order valence-corrected chi connectivity index (χ1v) is 33.3. The molecule has 498 valence electrons. The van der Waals surface area contributed by atoms with E-state index in [9.17, 15) is 39.3 Å². The van der Waals surface area contributed by atoms with Gasteiger partial charge in [0.25, 0.3) is 23.6 Å². The van der Waals surface area contributed by atoms with E-state index >= 15 is 19.2 Å². The Morgan fingerprint density at radius 3 is 0.891 bits per heavy atom. The summed E-state index contributed by atoms with van der Waals surface area (Å²) in [5.41, 5.74) is -6.69. The fraction of sp³-hybridized carbons (Fsp3) is 0.132. The summed E-state index contributed by atoms with van der Waals surface area (Å²) in [5.74, 6) is -10.3. The normalized spacial score (nSPS) is 15.4. The van der Waals surface area contributed by atoms with Crippen LogP contribution in [0.2, 0.25) is 0 Å². The predicted molar refractivity (Wildman–Crippen MR) is 365 cm³/mol. The van der Waals surface area contributed by atoms with Crippen LogP contribution in [0.25, 0.3) is 19.5 Å². The van der Waals surface area contributed by atoms with Crippen LogP contribution in [0, 0.1) is 22.7 Å². The molecule has 0 saturated carbocycles. The Hall–Kier alpha value is -12.7. The highest BCUT2D eigenvalue weighted by Gasteiger charge is 2.69. The minimum atomic E-state index is -2.88. The van der Waals surface area contributed by atoms with Crippen molar-refractivity contribution in [2.45, 2.75) is 64.3 Å². The number of nitrogens with zero attached hydrogens (tertiary/aromatic N) is 6. The largest absolute Gasteiger partial charge is 0.459 e. The average Bonchev–Trinajstić information content (AvgIpc) is 1.49. The van der Waals surface area contributed by atoms with Crippen molar-refractivity contribution in [2.24, 2.45) is 9.98 Å².